The Hall–Kier alpha value is -1.74. The Morgan fingerprint density at radius 3 is 2.74 bits per heavy atom. The topological polar surface area (TPSA) is 73.3 Å². The highest BCUT2D eigenvalue weighted by Crippen LogP contribution is 2.20. The minimum atomic E-state index is -0.217. The van der Waals surface area contributed by atoms with E-state index in [1.54, 1.807) is 12.1 Å². The van der Waals surface area contributed by atoms with Crippen LogP contribution >= 0.6 is 22.6 Å². The van der Waals surface area contributed by atoms with E-state index >= 15 is 0 Å². The van der Waals surface area contributed by atoms with Crippen LogP contribution in [0.2, 0.25) is 0 Å². The summed E-state index contributed by atoms with van der Waals surface area (Å²) < 4.78 is 12.0. The molecule has 1 aliphatic rings. The fourth-order valence-electron chi connectivity index (χ4n) is 2.25. The molecule has 1 aromatic heterocycles. The summed E-state index contributed by atoms with van der Waals surface area (Å²) in [6, 6.07) is 11.0. The summed E-state index contributed by atoms with van der Waals surface area (Å²) in [5, 5.41) is 10.8. The second-order valence-electron chi connectivity index (χ2n) is 5.18. The van der Waals surface area contributed by atoms with Crippen molar-refractivity contribution in [3.05, 3.63) is 45.7 Å². The van der Waals surface area contributed by atoms with Gasteiger partial charge in [0.2, 0.25) is 5.88 Å². The Kier molecular flexibility index (Phi) is 5.39. The largest absolute Gasteiger partial charge is 0.437 e. The summed E-state index contributed by atoms with van der Waals surface area (Å²) in [6.45, 7) is 1.36. The quantitative estimate of drug-likeness (QED) is 0.763. The van der Waals surface area contributed by atoms with Crippen molar-refractivity contribution in [1.82, 2.24) is 15.5 Å². The number of nitrogens with one attached hydrogen (secondary N) is 1. The molecule has 1 amide bonds. The van der Waals surface area contributed by atoms with Crippen LogP contribution in [0, 0.1) is 3.57 Å². The maximum Gasteiger partial charge on any atom is 0.272 e. The summed E-state index contributed by atoms with van der Waals surface area (Å²) in [5.41, 5.74) is 0.284. The summed E-state index contributed by atoms with van der Waals surface area (Å²) in [4.78, 5) is 12.1. The molecule has 3 rings (SSSR count). The predicted molar refractivity (Wildman–Crippen MR) is 92.6 cm³/mol. The zero-order valence-electron chi connectivity index (χ0n) is 12.4. The van der Waals surface area contributed by atoms with Crippen LogP contribution in [0.4, 0.5) is 0 Å². The molecule has 0 aliphatic carbocycles. The molecule has 0 atom stereocenters. The first-order chi connectivity index (χ1) is 11.2. The third kappa shape index (κ3) is 4.61. The maximum absolute atomic E-state index is 12.1. The van der Waals surface area contributed by atoms with Crippen molar-refractivity contribution in [3.63, 3.8) is 0 Å². The Morgan fingerprint density at radius 1 is 1.22 bits per heavy atom. The zero-order valence-corrected chi connectivity index (χ0v) is 14.5. The van der Waals surface area contributed by atoms with Gasteiger partial charge in [0.25, 0.3) is 5.91 Å². The smallest absolute Gasteiger partial charge is 0.272 e. The highest BCUT2D eigenvalue weighted by Gasteiger charge is 2.18. The fourth-order valence-corrected chi connectivity index (χ4v) is 2.76. The number of aromatic nitrogens is 2. The van der Waals surface area contributed by atoms with E-state index in [0.29, 0.717) is 24.8 Å². The highest BCUT2D eigenvalue weighted by atomic mass is 127. The lowest BCUT2D eigenvalue weighted by molar-refractivity contribution is 0.0693. The molecule has 6 nitrogen and oxygen atoms in total. The van der Waals surface area contributed by atoms with E-state index in [0.717, 1.165) is 16.4 Å². The predicted octanol–water partition coefficient (Wildman–Crippen LogP) is 2.78. The van der Waals surface area contributed by atoms with Gasteiger partial charge in [0.05, 0.1) is 0 Å². The van der Waals surface area contributed by atoms with E-state index in [1.165, 1.54) is 0 Å². The maximum atomic E-state index is 12.1. The van der Waals surface area contributed by atoms with E-state index in [4.69, 9.17) is 9.47 Å². The van der Waals surface area contributed by atoms with Gasteiger partial charge in [0.15, 0.2) is 5.69 Å². The number of ether oxygens (including phenoxy) is 2. The second-order valence-corrected chi connectivity index (χ2v) is 6.42. The van der Waals surface area contributed by atoms with Gasteiger partial charge >= 0.3 is 0 Å². The molecule has 1 aliphatic heterocycles. The Bertz CT molecular complexity index is 673. The van der Waals surface area contributed by atoms with Gasteiger partial charge in [-0.2, -0.15) is 0 Å². The summed E-state index contributed by atoms with van der Waals surface area (Å²) in [6.07, 6.45) is 1.65. The van der Waals surface area contributed by atoms with Gasteiger partial charge in [0.1, 0.15) is 5.75 Å². The minimum absolute atomic E-state index is 0.139. The van der Waals surface area contributed by atoms with Crippen molar-refractivity contribution in [2.45, 2.75) is 18.9 Å². The second kappa shape index (κ2) is 7.69. The number of rotatable bonds is 4. The van der Waals surface area contributed by atoms with E-state index in [2.05, 4.69) is 38.1 Å². The molecular formula is C16H16IN3O3. The van der Waals surface area contributed by atoms with Gasteiger partial charge in [-0.1, -0.05) is 6.07 Å². The summed E-state index contributed by atoms with van der Waals surface area (Å²) >= 11 is 2.21. The van der Waals surface area contributed by atoms with Crippen LogP contribution in [0.25, 0.3) is 0 Å². The average Bonchev–Trinajstić information content (AvgIpc) is 2.56. The average molecular weight is 425 g/mol. The van der Waals surface area contributed by atoms with Gasteiger partial charge < -0.3 is 14.8 Å². The minimum Gasteiger partial charge on any atom is -0.437 e. The molecule has 1 fully saturated rings. The number of amides is 1. The lowest BCUT2D eigenvalue weighted by atomic mass is 10.1. The molecule has 1 N–H and O–H groups in total. The van der Waals surface area contributed by atoms with E-state index in [-0.39, 0.29) is 17.6 Å². The molecule has 0 bridgehead atoms. The summed E-state index contributed by atoms with van der Waals surface area (Å²) in [7, 11) is 0. The van der Waals surface area contributed by atoms with Crippen molar-refractivity contribution in [2.24, 2.45) is 0 Å². The van der Waals surface area contributed by atoms with E-state index < -0.39 is 0 Å². The first-order valence-corrected chi connectivity index (χ1v) is 8.44. The van der Waals surface area contributed by atoms with Crippen LogP contribution in [0.1, 0.15) is 23.3 Å². The van der Waals surface area contributed by atoms with Crippen LogP contribution in [-0.4, -0.2) is 35.4 Å². The van der Waals surface area contributed by atoms with Crippen molar-refractivity contribution in [3.8, 4) is 11.6 Å². The monoisotopic (exact) mass is 425 g/mol. The lowest BCUT2D eigenvalue weighted by Crippen LogP contribution is -2.39. The first-order valence-electron chi connectivity index (χ1n) is 7.36. The van der Waals surface area contributed by atoms with Crippen molar-refractivity contribution >= 4 is 28.5 Å². The highest BCUT2D eigenvalue weighted by molar-refractivity contribution is 14.1. The molecule has 120 valence electrons. The number of carbonyl (C=O) groups is 1. The van der Waals surface area contributed by atoms with Gasteiger partial charge in [-0.15, -0.1) is 10.2 Å². The van der Waals surface area contributed by atoms with Crippen LogP contribution in [-0.2, 0) is 4.74 Å². The first kappa shape index (κ1) is 16.1. The third-order valence-electron chi connectivity index (χ3n) is 3.45. The van der Waals surface area contributed by atoms with Crippen LogP contribution in [0.5, 0.6) is 11.6 Å². The van der Waals surface area contributed by atoms with Crippen LogP contribution in [0.3, 0.4) is 0 Å². The van der Waals surface area contributed by atoms with Gasteiger partial charge in [-0.25, -0.2) is 0 Å². The SMILES string of the molecule is O=C(NC1CCOCC1)c1ccc(Oc2cccc(I)c2)nn1. The number of hydrogen-bond acceptors (Lipinski definition) is 5. The van der Waals surface area contributed by atoms with Crippen molar-refractivity contribution in [1.29, 1.82) is 0 Å². The molecule has 1 saturated heterocycles. The lowest BCUT2D eigenvalue weighted by Gasteiger charge is -2.22. The number of nitrogens with zero attached hydrogens (tertiary/aromatic N) is 2. The molecule has 23 heavy (non-hydrogen) atoms. The Labute approximate surface area is 147 Å². The number of hydrogen-bond donors (Lipinski definition) is 1. The van der Waals surface area contributed by atoms with Crippen LogP contribution < -0.4 is 10.1 Å². The molecule has 1 aromatic carbocycles. The Balaban J connectivity index is 1.61. The van der Waals surface area contributed by atoms with Crippen molar-refractivity contribution < 1.29 is 14.3 Å². The standard InChI is InChI=1S/C16H16IN3O3/c17-11-2-1-3-13(10-11)23-15-5-4-14(19-20-15)16(21)18-12-6-8-22-9-7-12/h1-5,10,12H,6-9H2,(H,18,21). The fraction of sp³-hybridized carbons (Fsp3) is 0.312. The van der Waals surface area contributed by atoms with Gasteiger partial charge in [0, 0.05) is 28.9 Å². The molecule has 0 spiro atoms. The number of carbonyl (C=O) groups excluding carboxylic acids is 1. The Morgan fingerprint density at radius 2 is 2.04 bits per heavy atom. The molecule has 0 saturated carbocycles. The molecule has 2 aromatic rings. The van der Waals surface area contributed by atoms with Crippen LogP contribution in [0.15, 0.2) is 36.4 Å². The molecule has 7 heteroatoms. The molecular weight excluding hydrogens is 409 g/mol. The summed E-state index contributed by atoms with van der Waals surface area (Å²) in [5.74, 6) is 0.824. The number of halogens is 1. The van der Waals surface area contributed by atoms with Crippen molar-refractivity contribution in [2.75, 3.05) is 13.2 Å². The normalized spacial score (nSPS) is 15.2. The van der Waals surface area contributed by atoms with E-state index in [1.807, 2.05) is 24.3 Å². The van der Waals surface area contributed by atoms with Gasteiger partial charge in [-0.05, 0) is 59.7 Å². The molecule has 0 radical (unpaired) electrons. The van der Waals surface area contributed by atoms with E-state index in [9.17, 15) is 4.79 Å². The zero-order chi connectivity index (χ0) is 16.1. The third-order valence-corrected chi connectivity index (χ3v) is 4.12. The van der Waals surface area contributed by atoms with Gasteiger partial charge in [-0.3, -0.25) is 4.79 Å². The number of benzene rings is 1. The molecule has 2 heterocycles. The molecule has 0 unspecified atom stereocenters.